The summed E-state index contributed by atoms with van der Waals surface area (Å²) < 4.78 is 12.1. The Morgan fingerprint density at radius 2 is 1.70 bits per heavy atom. The summed E-state index contributed by atoms with van der Waals surface area (Å²) in [5.74, 6) is 1.41. The Hall–Kier alpha value is -3.88. The van der Waals surface area contributed by atoms with Crippen LogP contribution in [0.15, 0.2) is 55.2 Å². The monoisotopic (exact) mass is 361 g/mol. The molecule has 0 aliphatic heterocycles. The van der Waals surface area contributed by atoms with Gasteiger partial charge in [0.05, 0.1) is 44.1 Å². The first-order valence-corrected chi connectivity index (χ1v) is 8.03. The van der Waals surface area contributed by atoms with E-state index in [2.05, 4.69) is 30.0 Å². The van der Waals surface area contributed by atoms with Gasteiger partial charge in [-0.1, -0.05) is 0 Å². The van der Waals surface area contributed by atoms with Crippen molar-refractivity contribution in [1.29, 1.82) is 0 Å². The number of hydrogen-bond acceptors (Lipinski definition) is 8. The summed E-state index contributed by atoms with van der Waals surface area (Å²) in [7, 11) is 3.05. The normalized spacial score (nSPS) is 10.6. The highest BCUT2D eigenvalue weighted by atomic mass is 16.5. The minimum Gasteiger partial charge on any atom is -0.481 e. The molecular weight excluding hydrogens is 346 g/mol. The van der Waals surface area contributed by atoms with E-state index in [1.165, 1.54) is 14.2 Å². The van der Waals surface area contributed by atoms with E-state index in [0.29, 0.717) is 29.1 Å². The Morgan fingerprint density at radius 3 is 2.41 bits per heavy atom. The summed E-state index contributed by atoms with van der Waals surface area (Å²) in [6.07, 6.45) is 8.70. The third-order valence-corrected chi connectivity index (χ3v) is 3.74. The molecule has 0 N–H and O–H groups in total. The fourth-order valence-corrected chi connectivity index (χ4v) is 2.43. The minimum absolute atomic E-state index is 0.313. The van der Waals surface area contributed by atoms with E-state index >= 15 is 0 Å². The molecule has 0 saturated heterocycles. The van der Waals surface area contributed by atoms with Crippen molar-refractivity contribution in [2.24, 2.45) is 0 Å². The highest BCUT2D eigenvalue weighted by Crippen LogP contribution is 2.23. The molecule has 134 valence electrons. The van der Waals surface area contributed by atoms with Crippen molar-refractivity contribution < 1.29 is 9.47 Å². The Balaban J connectivity index is 1.71. The molecule has 0 radical (unpaired) electrons. The molecule has 4 aromatic heterocycles. The second-order valence-electron chi connectivity index (χ2n) is 5.43. The van der Waals surface area contributed by atoms with E-state index in [-0.39, 0.29) is 0 Å². The number of nitrogens with zero attached hydrogens (tertiary/aromatic N) is 7. The Bertz CT molecular complexity index is 1040. The van der Waals surface area contributed by atoms with Crippen LogP contribution >= 0.6 is 0 Å². The zero-order chi connectivity index (χ0) is 18.6. The molecule has 0 spiro atoms. The molecule has 9 heteroatoms. The smallest absolute Gasteiger partial charge is 0.220 e. The van der Waals surface area contributed by atoms with Gasteiger partial charge in [0.1, 0.15) is 0 Å². The number of aromatic nitrogens is 7. The van der Waals surface area contributed by atoms with Crippen LogP contribution in [0.4, 0.5) is 0 Å². The molecule has 0 bridgehead atoms. The maximum atomic E-state index is 5.18. The van der Waals surface area contributed by atoms with Crippen LogP contribution in [0.25, 0.3) is 28.6 Å². The molecular formula is C18H15N7O2. The summed E-state index contributed by atoms with van der Waals surface area (Å²) in [6.45, 7) is 0. The molecule has 0 aliphatic rings. The first kappa shape index (κ1) is 16.6. The van der Waals surface area contributed by atoms with Crippen molar-refractivity contribution in [1.82, 2.24) is 34.7 Å². The number of ether oxygens (including phenoxy) is 2. The van der Waals surface area contributed by atoms with Gasteiger partial charge in [0.2, 0.25) is 17.6 Å². The molecule has 9 nitrogen and oxygen atoms in total. The Labute approximate surface area is 154 Å². The van der Waals surface area contributed by atoms with Crippen LogP contribution in [0.3, 0.4) is 0 Å². The lowest BCUT2D eigenvalue weighted by atomic mass is 10.2. The molecule has 4 rings (SSSR count). The van der Waals surface area contributed by atoms with Crippen LogP contribution < -0.4 is 9.47 Å². The second kappa shape index (κ2) is 7.16. The van der Waals surface area contributed by atoms with Crippen molar-refractivity contribution >= 4 is 0 Å². The lowest BCUT2D eigenvalue weighted by Crippen LogP contribution is -2.00. The van der Waals surface area contributed by atoms with Crippen LogP contribution in [0.1, 0.15) is 0 Å². The van der Waals surface area contributed by atoms with Gasteiger partial charge < -0.3 is 9.47 Å². The fourth-order valence-electron chi connectivity index (χ4n) is 2.43. The van der Waals surface area contributed by atoms with Crippen LogP contribution in [0, 0.1) is 0 Å². The SMILES string of the molecule is COc1cc(OC)nc(-c2nccc(-c3cnn(-c4cccnc4)c3)n2)n1. The third kappa shape index (κ3) is 3.43. The molecule has 0 aliphatic carbocycles. The van der Waals surface area contributed by atoms with E-state index < -0.39 is 0 Å². The van der Waals surface area contributed by atoms with Crippen molar-refractivity contribution in [3.05, 3.63) is 55.2 Å². The largest absolute Gasteiger partial charge is 0.481 e. The van der Waals surface area contributed by atoms with Gasteiger partial charge in [-0.2, -0.15) is 15.1 Å². The molecule has 0 aromatic carbocycles. The highest BCUT2D eigenvalue weighted by Gasteiger charge is 2.12. The summed E-state index contributed by atoms with van der Waals surface area (Å²) >= 11 is 0. The number of hydrogen-bond donors (Lipinski definition) is 0. The lowest BCUT2D eigenvalue weighted by molar-refractivity contribution is 0.372. The summed E-state index contributed by atoms with van der Waals surface area (Å²) in [4.78, 5) is 21.5. The second-order valence-corrected chi connectivity index (χ2v) is 5.43. The van der Waals surface area contributed by atoms with Gasteiger partial charge in [-0.15, -0.1) is 0 Å². The Kier molecular flexibility index (Phi) is 4.40. The van der Waals surface area contributed by atoms with E-state index in [1.807, 2.05) is 18.3 Å². The fraction of sp³-hybridized carbons (Fsp3) is 0.111. The predicted octanol–water partition coefficient (Wildman–Crippen LogP) is 2.20. The first-order valence-electron chi connectivity index (χ1n) is 8.03. The quantitative estimate of drug-likeness (QED) is 0.533. The van der Waals surface area contributed by atoms with Gasteiger partial charge >= 0.3 is 0 Å². The molecule has 4 aromatic rings. The van der Waals surface area contributed by atoms with Crippen molar-refractivity contribution in [3.8, 4) is 40.4 Å². The van der Waals surface area contributed by atoms with Crippen molar-refractivity contribution in [2.75, 3.05) is 14.2 Å². The van der Waals surface area contributed by atoms with Crippen LogP contribution in [-0.2, 0) is 0 Å². The van der Waals surface area contributed by atoms with Crippen molar-refractivity contribution in [3.63, 3.8) is 0 Å². The number of methoxy groups -OCH3 is 2. The predicted molar refractivity (Wildman–Crippen MR) is 96.5 cm³/mol. The standard InChI is InChI=1S/C18H15N7O2/c1-26-15-8-16(27-2)24-18(23-15)17-20-7-5-14(22-17)12-9-21-25(11-12)13-4-3-6-19-10-13/h3-11H,1-2H3. The summed E-state index contributed by atoms with van der Waals surface area (Å²) in [5, 5.41) is 4.36. The Morgan fingerprint density at radius 1 is 0.889 bits per heavy atom. The van der Waals surface area contributed by atoms with Gasteiger partial charge in [-0.25, -0.2) is 14.6 Å². The zero-order valence-electron chi connectivity index (χ0n) is 14.6. The number of rotatable bonds is 5. The van der Waals surface area contributed by atoms with Crippen LogP contribution in [0.2, 0.25) is 0 Å². The van der Waals surface area contributed by atoms with Crippen molar-refractivity contribution in [2.45, 2.75) is 0 Å². The molecule has 0 saturated carbocycles. The van der Waals surface area contributed by atoms with Gasteiger partial charge in [-0.3, -0.25) is 4.98 Å². The van der Waals surface area contributed by atoms with Gasteiger partial charge in [0.15, 0.2) is 5.82 Å². The maximum absolute atomic E-state index is 5.18. The van der Waals surface area contributed by atoms with Crippen LogP contribution in [-0.4, -0.2) is 48.9 Å². The van der Waals surface area contributed by atoms with Crippen LogP contribution in [0.5, 0.6) is 11.8 Å². The maximum Gasteiger partial charge on any atom is 0.220 e. The molecule has 4 heterocycles. The number of pyridine rings is 1. The van der Waals surface area contributed by atoms with E-state index in [0.717, 1.165) is 11.3 Å². The van der Waals surface area contributed by atoms with Gasteiger partial charge in [-0.05, 0) is 18.2 Å². The third-order valence-electron chi connectivity index (χ3n) is 3.74. The van der Waals surface area contributed by atoms with Gasteiger partial charge in [0, 0.05) is 24.2 Å². The topological polar surface area (TPSA) is 101 Å². The first-order chi connectivity index (χ1) is 13.3. The molecule has 0 amide bonds. The van der Waals surface area contributed by atoms with E-state index in [9.17, 15) is 0 Å². The molecule has 0 atom stereocenters. The lowest BCUT2D eigenvalue weighted by Gasteiger charge is -2.06. The minimum atomic E-state index is 0.313. The van der Waals surface area contributed by atoms with E-state index in [1.54, 1.807) is 41.6 Å². The molecule has 0 fully saturated rings. The molecule has 27 heavy (non-hydrogen) atoms. The summed E-state index contributed by atoms with van der Waals surface area (Å²) in [5.41, 5.74) is 2.39. The zero-order valence-corrected chi connectivity index (χ0v) is 14.6. The molecule has 0 unspecified atom stereocenters. The van der Waals surface area contributed by atoms with Gasteiger partial charge in [0.25, 0.3) is 0 Å². The average molecular weight is 361 g/mol. The average Bonchev–Trinajstić information content (AvgIpc) is 3.24. The van der Waals surface area contributed by atoms with E-state index in [4.69, 9.17) is 9.47 Å². The highest BCUT2D eigenvalue weighted by molar-refractivity contribution is 5.60. The summed E-state index contributed by atoms with van der Waals surface area (Å²) in [6, 6.07) is 7.16.